The van der Waals surface area contributed by atoms with E-state index in [4.69, 9.17) is 14.2 Å². The number of nitrogens with zero attached hydrogens (tertiary/aromatic N) is 1. The normalized spacial score (nSPS) is 16.3. The Morgan fingerprint density at radius 2 is 1.44 bits per heavy atom. The zero-order chi connectivity index (χ0) is 27.5. The van der Waals surface area contributed by atoms with Crippen molar-refractivity contribution in [2.24, 2.45) is 0 Å². The molecular weight excluding hydrogens is 501 g/mol. The van der Waals surface area contributed by atoms with Gasteiger partial charge in [0.2, 0.25) is 0 Å². The Hall–Kier alpha value is -5.11. The Morgan fingerprint density at radius 1 is 0.795 bits per heavy atom. The second kappa shape index (κ2) is 10.7. The number of anilines is 1. The summed E-state index contributed by atoms with van der Waals surface area (Å²) in [5.41, 5.74) is 0.523. The number of carbonyl (C=O) groups excluding carboxylic acids is 2. The van der Waals surface area contributed by atoms with Crippen LogP contribution in [0.3, 0.4) is 0 Å². The van der Waals surface area contributed by atoms with Gasteiger partial charge in [-0.1, -0.05) is 42.5 Å². The van der Waals surface area contributed by atoms with Gasteiger partial charge in [0.05, 0.1) is 25.8 Å². The Morgan fingerprint density at radius 3 is 2.10 bits per heavy atom. The van der Waals surface area contributed by atoms with Gasteiger partial charge < -0.3 is 19.3 Å². The molecule has 1 atom stereocenters. The summed E-state index contributed by atoms with van der Waals surface area (Å²) in [5.74, 6) is -1.42. The number of hydrogen-bond donors (Lipinski definition) is 1. The molecule has 4 aromatic carbocycles. The van der Waals surface area contributed by atoms with Crippen molar-refractivity contribution in [3.05, 3.63) is 120 Å². The van der Waals surface area contributed by atoms with E-state index in [9.17, 15) is 19.1 Å². The van der Waals surface area contributed by atoms with E-state index in [1.54, 1.807) is 54.6 Å². The lowest BCUT2D eigenvalue weighted by molar-refractivity contribution is -0.132. The molecule has 1 fully saturated rings. The first-order valence-corrected chi connectivity index (χ1v) is 12.0. The monoisotopic (exact) mass is 525 g/mol. The lowest BCUT2D eigenvalue weighted by Gasteiger charge is -2.26. The fourth-order valence-corrected chi connectivity index (χ4v) is 4.63. The molecule has 1 N–H and O–H groups in total. The first kappa shape index (κ1) is 25.5. The van der Waals surface area contributed by atoms with Crippen molar-refractivity contribution in [1.29, 1.82) is 0 Å². The molecule has 0 bridgehead atoms. The number of amides is 1. The highest BCUT2D eigenvalue weighted by Gasteiger charge is 2.47. The zero-order valence-corrected chi connectivity index (χ0v) is 21.1. The third kappa shape index (κ3) is 4.80. The molecule has 39 heavy (non-hydrogen) atoms. The van der Waals surface area contributed by atoms with Crippen LogP contribution in [0.1, 0.15) is 17.2 Å². The molecule has 0 aliphatic carbocycles. The van der Waals surface area contributed by atoms with E-state index in [2.05, 4.69) is 0 Å². The first-order chi connectivity index (χ1) is 18.9. The topological polar surface area (TPSA) is 85.3 Å². The maximum absolute atomic E-state index is 14.3. The molecule has 0 aromatic heterocycles. The fraction of sp³-hybridized carbons (Fsp3) is 0.0968. The summed E-state index contributed by atoms with van der Waals surface area (Å²) in [6.45, 7) is 0. The molecule has 1 amide bonds. The highest BCUT2D eigenvalue weighted by atomic mass is 19.1. The highest BCUT2D eigenvalue weighted by molar-refractivity contribution is 6.51. The van der Waals surface area contributed by atoms with Gasteiger partial charge in [-0.3, -0.25) is 14.5 Å². The molecule has 0 saturated carbocycles. The van der Waals surface area contributed by atoms with Crippen molar-refractivity contribution in [2.75, 3.05) is 19.1 Å². The smallest absolute Gasteiger partial charge is 0.300 e. The van der Waals surface area contributed by atoms with Gasteiger partial charge in [0, 0.05) is 5.69 Å². The average molecular weight is 526 g/mol. The lowest BCUT2D eigenvalue weighted by atomic mass is 9.94. The third-order valence-electron chi connectivity index (χ3n) is 6.35. The Labute approximate surface area is 224 Å². The molecule has 1 saturated heterocycles. The molecular formula is C31H24FNO6. The van der Waals surface area contributed by atoms with Gasteiger partial charge in [0.1, 0.15) is 40.1 Å². The number of halogens is 1. The molecule has 1 aliphatic rings. The van der Waals surface area contributed by atoms with Gasteiger partial charge in [-0.2, -0.15) is 0 Å². The molecule has 1 heterocycles. The van der Waals surface area contributed by atoms with Gasteiger partial charge in [-0.15, -0.1) is 0 Å². The average Bonchev–Trinajstić information content (AvgIpc) is 3.23. The van der Waals surface area contributed by atoms with Crippen molar-refractivity contribution >= 4 is 23.1 Å². The van der Waals surface area contributed by atoms with Crippen LogP contribution in [0.15, 0.2) is 103 Å². The third-order valence-corrected chi connectivity index (χ3v) is 6.35. The maximum Gasteiger partial charge on any atom is 0.300 e. The molecule has 5 rings (SSSR count). The number of rotatable bonds is 7. The van der Waals surface area contributed by atoms with Crippen LogP contribution in [0, 0.1) is 5.82 Å². The predicted molar refractivity (Wildman–Crippen MR) is 144 cm³/mol. The van der Waals surface area contributed by atoms with Crippen LogP contribution in [-0.2, 0) is 9.59 Å². The van der Waals surface area contributed by atoms with Crippen molar-refractivity contribution < 1.29 is 33.3 Å². The molecule has 0 spiro atoms. The predicted octanol–water partition coefficient (Wildman–Crippen LogP) is 6.26. The summed E-state index contributed by atoms with van der Waals surface area (Å²) in [7, 11) is 2.83. The van der Waals surface area contributed by atoms with Crippen LogP contribution in [0.2, 0.25) is 0 Å². The first-order valence-electron chi connectivity index (χ1n) is 12.0. The van der Waals surface area contributed by atoms with Crippen LogP contribution in [0.4, 0.5) is 10.1 Å². The lowest BCUT2D eigenvalue weighted by Crippen LogP contribution is -2.29. The summed E-state index contributed by atoms with van der Waals surface area (Å²) in [5, 5.41) is 11.6. The molecule has 7 nitrogen and oxygen atoms in total. The van der Waals surface area contributed by atoms with Gasteiger partial charge in [0.25, 0.3) is 11.7 Å². The van der Waals surface area contributed by atoms with Gasteiger partial charge in [-0.05, 0) is 60.2 Å². The molecule has 0 radical (unpaired) electrons. The van der Waals surface area contributed by atoms with Gasteiger partial charge in [-0.25, -0.2) is 4.39 Å². The minimum Gasteiger partial charge on any atom is -0.506 e. The Balaban J connectivity index is 1.73. The highest BCUT2D eigenvalue weighted by Crippen LogP contribution is 2.45. The molecule has 4 aromatic rings. The Kier molecular flexibility index (Phi) is 7.01. The maximum atomic E-state index is 14.3. The summed E-state index contributed by atoms with van der Waals surface area (Å²) < 4.78 is 31.1. The quantitative estimate of drug-likeness (QED) is 0.174. The number of carbonyl (C=O) groups is 2. The number of benzene rings is 4. The van der Waals surface area contributed by atoms with E-state index in [-0.39, 0.29) is 28.3 Å². The van der Waals surface area contributed by atoms with Crippen molar-refractivity contribution in [2.45, 2.75) is 6.04 Å². The standard InChI is InChI=1S/C31H24FNO6/c1-37-24-15-8-16-25(38-2)26(24)29(34)27-28(33(31(36)30(27)35)21-11-7-10-20(32)18-21)19-9-6-14-23(17-19)39-22-12-4-3-5-13-22/h3-18,28,34H,1-2H3/b29-27+. The van der Waals surface area contributed by atoms with Crippen molar-refractivity contribution in [3.63, 3.8) is 0 Å². The number of methoxy groups -OCH3 is 2. The summed E-state index contributed by atoms with van der Waals surface area (Å²) in [4.78, 5) is 28.1. The molecule has 196 valence electrons. The van der Waals surface area contributed by atoms with Crippen molar-refractivity contribution in [3.8, 4) is 23.0 Å². The number of ketones is 1. The van der Waals surface area contributed by atoms with E-state index in [0.29, 0.717) is 17.1 Å². The SMILES string of the molecule is COc1cccc(OC)c1/C(O)=C1\C(=O)C(=O)N(c2cccc(F)c2)C1c1cccc(Oc2ccccc2)c1. The number of Topliss-reactive ketones (excluding diaryl/α,β-unsaturated/α-hetero) is 1. The van der Waals surface area contributed by atoms with Crippen LogP contribution >= 0.6 is 0 Å². The number of aliphatic hydroxyl groups excluding tert-OH is 1. The van der Waals surface area contributed by atoms with Crippen LogP contribution in [-0.4, -0.2) is 31.0 Å². The van der Waals surface area contributed by atoms with Crippen LogP contribution < -0.4 is 19.1 Å². The number of aliphatic hydroxyl groups is 1. The summed E-state index contributed by atoms with van der Waals surface area (Å²) in [6.07, 6.45) is 0. The molecule has 1 aliphatic heterocycles. The second-order valence-electron chi connectivity index (χ2n) is 8.67. The number of ether oxygens (including phenoxy) is 3. The van der Waals surface area contributed by atoms with Gasteiger partial charge >= 0.3 is 0 Å². The largest absolute Gasteiger partial charge is 0.506 e. The van der Waals surface area contributed by atoms with E-state index >= 15 is 0 Å². The summed E-state index contributed by atoms with van der Waals surface area (Å²) in [6, 6.07) is 25.0. The molecule has 1 unspecified atom stereocenters. The second-order valence-corrected chi connectivity index (χ2v) is 8.67. The van der Waals surface area contributed by atoms with E-state index in [1.165, 1.54) is 37.3 Å². The summed E-state index contributed by atoms with van der Waals surface area (Å²) >= 11 is 0. The van der Waals surface area contributed by atoms with E-state index in [0.717, 1.165) is 6.07 Å². The van der Waals surface area contributed by atoms with E-state index in [1.807, 2.05) is 18.2 Å². The Bertz CT molecular complexity index is 1560. The minimum absolute atomic E-state index is 0.112. The minimum atomic E-state index is -1.11. The van der Waals surface area contributed by atoms with Gasteiger partial charge in [0.15, 0.2) is 0 Å². The number of para-hydroxylation sites is 1. The number of hydrogen-bond acceptors (Lipinski definition) is 6. The fourth-order valence-electron chi connectivity index (χ4n) is 4.63. The van der Waals surface area contributed by atoms with Crippen molar-refractivity contribution in [1.82, 2.24) is 0 Å². The molecule has 8 heteroatoms. The van der Waals surface area contributed by atoms with E-state index < -0.39 is 29.3 Å². The van der Waals surface area contributed by atoms with Crippen LogP contribution in [0.25, 0.3) is 5.76 Å². The zero-order valence-electron chi connectivity index (χ0n) is 21.1. The van der Waals surface area contributed by atoms with Crippen LogP contribution in [0.5, 0.6) is 23.0 Å².